The largest absolute Gasteiger partial charge is 0.384 e. The molecule has 0 aromatic carbocycles. The second kappa shape index (κ2) is 5.42. The van der Waals surface area contributed by atoms with E-state index in [4.69, 9.17) is 5.73 Å². The van der Waals surface area contributed by atoms with E-state index in [9.17, 15) is 0 Å². The third-order valence-corrected chi connectivity index (χ3v) is 1.92. The first-order valence-electron chi connectivity index (χ1n) is 5.01. The van der Waals surface area contributed by atoms with Crippen LogP contribution in [-0.2, 0) is 0 Å². The normalized spacial score (nSPS) is 10.5. The Hall–Kier alpha value is -1.32. The molecule has 1 aromatic rings. The molecule has 4 heteroatoms. The molecule has 0 saturated carbocycles. The Kier molecular flexibility index (Phi) is 4.16. The van der Waals surface area contributed by atoms with Crippen LogP contribution in [0.3, 0.4) is 0 Å². The highest BCUT2D eigenvalue weighted by molar-refractivity contribution is 5.34. The highest BCUT2D eigenvalue weighted by Crippen LogP contribution is 2.05. The van der Waals surface area contributed by atoms with Crippen LogP contribution in [0.15, 0.2) is 12.3 Å². The molecule has 0 fully saturated rings. The SMILES string of the molecule is CC(C)CCCNc1nccc(N)n1. The zero-order valence-electron chi connectivity index (χ0n) is 8.83. The Bertz CT molecular complexity index is 273. The van der Waals surface area contributed by atoms with Gasteiger partial charge in [-0.25, -0.2) is 4.98 Å². The van der Waals surface area contributed by atoms with E-state index in [2.05, 4.69) is 29.1 Å². The summed E-state index contributed by atoms with van der Waals surface area (Å²) in [6.45, 7) is 5.34. The number of nitrogen functional groups attached to an aromatic ring is 1. The molecule has 0 saturated heterocycles. The first kappa shape index (κ1) is 10.8. The highest BCUT2D eigenvalue weighted by Gasteiger charge is 1.96. The zero-order valence-corrected chi connectivity index (χ0v) is 8.83. The van der Waals surface area contributed by atoms with Crippen LogP contribution in [0.5, 0.6) is 0 Å². The van der Waals surface area contributed by atoms with Crippen LogP contribution in [0.2, 0.25) is 0 Å². The van der Waals surface area contributed by atoms with Crippen molar-refractivity contribution in [1.29, 1.82) is 0 Å². The fourth-order valence-electron chi connectivity index (χ4n) is 1.17. The van der Waals surface area contributed by atoms with Crippen LogP contribution in [0.25, 0.3) is 0 Å². The molecular formula is C10H18N4. The van der Waals surface area contributed by atoms with Gasteiger partial charge in [-0.15, -0.1) is 0 Å². The lowest BCUT2D eigenvalue weighted by molar-refractivity contribution is 0.566. The molecule has 1 heterocycles. The van der Waals surface area contributed by atoms with E-state index in [1.54, 1.807) is 12.3 Å². The molecule has 0 aliphatic heterocycles. The quantitative estimate of drug-likeness (QED) is 0.703. The van der Waals surface area contributed by atoms with Gasteiger partial charge in [0, 0.05) is 12.7 Å². The van der Waals surface area contributed by atoms with Crippen LogP contribution >= 0.6 is 0 Å². The molecule has 0 spiro atoms. The molecule has 4 nitrogen and oxygen atoms in total. The summed E-state index contributed by atoms with van der Waals surface area (Å²) in [5, 5.41) is 3.14. The summed E-state index contributed by atoms with van der Waals surface area (Å²) in [6.07, 6.45) is 4.01. The van der Waals surface area contributed by atoms with E-state index in [1.165, 1.54) is 6.42 Å². The second-order valence-corrected chi connectivity index (χ2v) is 3.77. The van der Waals surface area contributed by atoms with E-state index < -0.39 is 0 Å². The topological polar surface area (TPSA) is 63.8 Å². The van der Waals surface area contributed by atoms with Crippen LogP contribution in [0.1, 0.15) is 26.7 Å². The molecule has 1 rings (SSSR count). The third kappa shape index (κ3) is 4.07. The highest BCUT2D eigenvalue weighted by atomic mass is 15.1. The molecule has 0 aliphatic rings. The molecule has 14 heavy (non-hydrogen) atoms. The fraction of sp³-hybridized carbons (Fsp3) is 0.600. The number of anilines is 2. The second-order valence-electron chi connectivity index (χ2n) is 3.77. The Balaban J connectivity index is 2.25. The van der Waals surface area contributed by atoms with Gasteiger partial charge in [0.25, 0.3) is 0 Å². The van der Waals surface area contributed by atoms with E-state index in [0.717, 1.165) is 18.9 Å². The molecule has 0 amide bonds. The van der Waals surface area contributed by atoms with Gasteiger partial charge in [0.1, 0.15) is 5.82 Å². The maximum Gasteiger partial charge on any atom is 0.224 e. The number of nitrogens with zero attached hydrogens (tertiary/aromatic N) is 2. The molecule has 0 atom stereocenters. The Morgan fingerprint density at radius 1 is 1.50 bits per heavy atom. The Labute approximate surface area is 85.0 Å². The van der Waals surface area contributed by atoms with Gasteiger partial charge in [0.2, 0.25) is 5.95 Å². The van der Waals surface area contributed by atoms with Gasteiger partial charge in [-0.3, -0.25) is 0 Å². The van der Waals surface area contributed by atoms with Gasteiger partial charge in [0.15, 0.2) is 0 Å². The zero-order chi connectivity index (χ0) is 10.4. The Morgan fingerprint density at radius 3 is 2.93 bits per heavy atom. The fourth-order valence-corrected chi connectivity index (χ4v) is 1.17. The summed E-state index contributed by atoms with van der Waals surface area (Å²) in [5.74, 6) is 1.87. The van der Waals surface area contributed by atoms with Gasteiger partial charge in [0.05, 0.1) is 0 Å². The van der Waals surface area contributed by atoms with E-state index >= 15 is 0 Å². The van der Waals surface area contributed by atoms with Crippen molar-refractivity contribution in [2.24, 2.45) is 5.92 Å². The van der Waals surface area contributed by atoms with Crippen molar-refractivity contribution in [3.8, 4) is 0 Å². The molecule has 0 bridgehead atoms. The van der Waals surface area contributed by atoms with Crippen LogP contribution < -0.4 is 11.1 Å². The van der Waals surface area contributed by atoms with Crippen LogP contribution in [-0.4, -0.2) is 16.5 Å². The molecule has 0 radical (unpaired) electrons. The first-order valence-corrected chi connectivity index (χ1v) is 5.01. The molecule has 3 N–H and O–H groups in total. The van der Waals surface area contributed by atoms with Gasteiger partial charge < -0.3 is 11.1 Å². The number of rotatable bonds is 5. The minimum Gasteiger partial charge on any atom is -0.384 e. The summed E-state index contributed by atoms with van der Waals surface area (Å²) >= 11 is 0. The monoisotopic (exact) mass is 194 g/mol. The average molecular weight is 194 g/mol. The lowest BCUT2D eigenvalue weighted by Gasteiger charge is -2.06. The van der Waals surface area contributed by atoms with E-state index in [-0.39, 0.29) is 0 Å². The van der Waals surface area contributed by atoms with Gasteiger partial charge in [-0.2, -0.15) is 4.98 Å². The van der Waals surface area contributed by atoms with Gasteiger partial charge >= 0.3 is 0 Å². The maximum absolute atomic E-state index is 5.52. The average Bonchev–Trinajstić information content (AvgIpc) is 2.12. The summed E-state index contributed by atoms with van der Waals surface area (Å²) in [7, 11) is 0. The predicted molar refractivity (Wildman–Crippen MR) is 59.0 cm³/mol. The minimum atomic E-state index is 0.506. The standard InChI is InChI=1S/C10H18N4/c1-8(2)4-3-6-12-10-13-7-5-9(11)14-10/h5,7-8H,3-4,6H2,1-2H3,(H3,11,12,13,14). The van der Waals surface area contributed by atoms with Gasteiger partial charge in [-0.05, 0) is 24.8 Å². The lowest BCUT2D eigenvalue weighted by atomic mass is 10.1. The number of nitrogens with one attached hydrogen (secondary N) is 1. The smallest absolute Gasteiger partial charge is 0.224 e. The lowest BCUT2D eigenvalue weighted by Crippen LogP contribution is -2.07. The van der Waals surface area contributed by atoms with Crippen molar-refractivity contribution in [2.75, 3.05) is 17.6 Å². The predicted octanol–water partition coefficient (Wildman–Crippen LogP) is 1.91. The van der Waals surface area contributed by atoms with E-state index in [1.807, 2.05) is 0 Å². The summed E-state index contributed by atoms with van der Waals surface area (Å²) in [6, 6.07) is 1.68. The number of nitrogens with two attached hydrogens (primary N) is 1. The molecule has 0 aliphatic carbocycles. The third-order valence-electron chi connectivity index (χ3n) is 1.92. The van der Waals surface area contributed by atoms with Crippen molar-refractivity contribution in [3.63, 3.8) is 0 Å². The van der Waals surface area contributed by atoms with Crippen molar-refractivity contribution in [2.45, 2.75) is 26.7 Å². The van der Waals surface area contributed by atoms with Crippen LogP contribution in [0.4, 0.5) is 11.8 Å². The summed E-state index contributed by atoms with van der Waals surface area (Å²) in [4.78, 5) is 8.10. The molecular weight excluding hydrogens is 176 g/mol. The first-order chi connectivity index (χ1) is 6.68. The number of aromatic nitrogens is 2. The minimum absolute atomic E-state index is 0.506. The van der Waals surface area contributed by atoms with Crippen molar-refractivity contribution >= 4 is 11.8 Å². The van der Waals surface area contributed by atoms with Crippen LogP contribution in [0, 0.1) is 5.92 Å². The molecule has 78 valence electrons. The maximum atomic E-state index is 5.52. The van der Waals surface area contributed by atoms with Gasteiger partial charge in [-0.1, -0.05) is 13.8 Å². The summed E-state index contributed by atoms with van der Waals surface area (Å²) in [5.41, 5.74) is 5.52. The number of hydrogen-bond donors (Lipinski definition) is 2. The van der Waals surface area contributed by atoms with Crippen molar-refractivity contribution < 1.29 is 0 Å². The molecule has 1 aromatic heterocycles. The molecule has 0 unspecified atom stereocenters. The summed E-state index contributed by atoms with van der Waals surface area (Å²) < 4.78 is 0. The Morgan fingerprint density at radius 2 is 2.29 bits per heavy atom. The van der Waals surface area contributed by atoms with E-state index in [0.29, 0.717) is 11.8 Å². The van der Waals surface area contributed by atoms with Crippen molar-refractivity contribution in [3.05, 3.63) is 12.3 Å². The number of hydrogen-bond acceptors (Lipinski definition) is 4. The van der Waals surface area contributed by atoms with Crippen molar-refractivity contribution in [1.82, 2.24) is 9.97 Å².